The van der Waals surface area contributed by atoms with Gasteiger partial charge in [-0.3, -0.25) is 0 Å². The van der Waals surface area contributed by atoms with Crippen LogP contribution in [-0.2, 0) is 5.60 Å². The topological polar surface area (TPSA) is 23.5 Å². The summed E-state index contributed by atoms with van der Waals surface area (Å²) < 4.78 is 0.760. The molecule has 2 nitrogen and oxygen atoms in total. The van der Waals surface area contributed by atoms with Crippen LogP contribution in [0.4, 0.5) is 0 Å². The predicted molar refractivity (Wildman–Crippen MR) is 64.6 cm³/mol. The van der Waals surface area contributed by atoms with Gasteiger partial charge in [-0.25, -0.2) is 0 Å². The maximum Gasteiger partial charge on any atom is 0.100 e. The van der Waals surface area contributed by atoms with E-state index in [4.69, 9.17) is 11.6 Å². The summed E-state index contributed by atoms with van der Waals surface area (Å²) in [5.74, 6) is 0. The second-order valence-corrected chi connectivity index (χ2v) is 6.01. The third kappa shape index (κ3) is 2.53. The van der Waals surface area contributed by atoms with E-state index in [2.05, 4.69) is 11.9 Å². The lowest BCUT2D eigenvalue weighted by molar-refractivity contribution is 0.0255. The van der Waals surface area contributed by atoms with Gasteiger partial charge in [-0.2, -0.15) is 0 Å². The molecule has 4 heteroatoms. The van der Waals surface area contributed by atoms with Crippen LogP contribution >= 0.6 is 22.9 Å². The Balaban J connectivity index is 2.18. The van der Waals surface area contributed by atoms with E-state index in [1.165, 1.54) is 11.3 Å². The van der Waals surface area contributed by atoms with Crippen molar-refractivity contribution in [2.45, 2.75) is 24.9 Å². The lowest BCUT2D eigenvalue weighted by Gasteiger charge is -2.25. The van der Waals surface area contributed by atoms with Gasteiger partial charge in [-0.05, 0) is 45.0 Å². The molecule has 1 fully saturated rings. The van der Waals surface area contributed by atoms with Crippen molar-refractivity contribution in [1.82, 2.24) is 4.90 Å². The van der Waals surface area contributed by atoms with E-state index in [0.717, 1.165) is 41.6 Å². The maximum absolute atomic E-state index is 10.6. The average Bonchev–Trinajstić information content (AvgIpc) is 2.55. The largest absolute Gasteiger partial charge is 0.384 e. The summed E-state index contributed by atoms with van der Waals surface area (Å²) in [7, 11) is 2.10. The number of hydrogen-bond donors (Lipinski definition) is 1. The highest BCUT2D eigenvalue weighted by molar-refractivity contribution is 7.16. The zero-order valence-electron chi connectivity index (χ0n) is 8.87. The Labute approximate surface area is 99.5 Å². The summed E-state index contributed by atoms with van der Waals surface area (Å²) in [6, 6.07) is 3.83. The highest BCUT2D eigenvalue weighted by atomic mass is 35.5. The molecule has 0 amide bonds. The van der Waals surface area contributed by atoms with Crippen molar-refractivity contribution in [2.24, 2.45) is 0 Å². The summed E-state index contributed by atoms with van der Waals surface area (Å²) in [4.78, 5) is 3.29. The monoisotopic (exact) mass is 245 g/mol. The van der Waals surface area contributed by atoms with E-state index < -0.39 is 5.60 Å². The van der Waals surface area contributed by atoms with Crippen LogP contribution in [0.3, 0.4) is 0 Å². The summed E-state index contributed by atoms with van der Waals surface area (Å²) in [5, 5.41) is 10.6. The van der Waals surface area contributed by atoms with Gasteiger partial charge in [0.2, 0.25) is 0 Å². The van der Waals surface area contributed by atoms with Crippen molar-refractivity contribution in [3.63, 3.8) is 0 Å². The van der Waals surface area contributed by atoms with E-state index in [1.807, 2.05) is 12.1 Å². The van der Waals surface area contributed by atoms with Gasteiger partial charge in [0.05, 0.1) is 4.34 Å². The van der Waals surface area contributed by atoms with Crippen LogP contribution in [0.5, 0.6) is 0 Å². The Morgan fingerprint density at radius 1 is 1.40 bits per heavy atom. The minimum Gasteiger partial charge on any atom is -0.384 e. The number of nitrogens with zero attached hydrogens (tertiary/aromatic N) is 1. The molecule has 15 heavy (non-hydrogen) atoms. The van der Waals surface area contributed by atoms with Gasteiger partial charge in [-0.15, -0.1) is 11.3 Å². The highest BCUT2D eigenvalue weighted by Gasteiger charge is 2.32. The smallest absolute Gasteiger partial charge is 0.100 e. The molecule has 1 atom stereocenters. The van der Waals surface area contributed by atoms with E-state index in [0.29, 0.717) is 0 Å². The molecule has 1 saturated heterocycles. The van der Waals surface area contributed by atoms with Crippen molar-refractivity contribution in [3.05, 3.63) is 21.3 Å². The minimum absolute atomic E-state index is 0.650. The number of likely N-dealkylation sites (tertiary alicyclic amines) is 1. The maximum atomic E-state index is 10.6. The van der Waals surface area contributed by atoms with Gasteiger partial charge in [0.15, 0.2) is 0 Å². The third-order valence-electron chi connectivity index (χ3n) is 3.07. The van der Waals surface area contributed by atoms with Crippen LogP contribution in [0.1, 0.15) is 24.1 Å². The number of hydrogen-bond acceptors (Lipinski definition) is 3. The van der Waals surface area contributed by atoms with Crippen LogP contribution in [0.25, 0.3) is 0 Å². The van der Waals surface area contributed by atoms with E-state index in [9.17, 15) is 5.11 Å². The molecule has 0 bridgehead atoms. The molecule has 0 aliphatic carbocycles. The fourth-order valence-corrected chi connectivity index (χ4v) is 3.25. The van der Waals surface area contributed by atoms with Crippen molar-refractivity contribution < 1.29 is 5.11 Å². The Morgan fingerprint density at radius 2 is 2.20 bits per heavy atom. The number of aliphatic hydroxyl groups is 1. The first-order valence-electron chi connectivity index (χ1n) is 5.27. The Kier molecular flexibility index (Phi) is 3.36. The summed E-state index contributed by atoms with van der Waals surface area (Å²) in [6.07, 6.45) is 2.69. The molecule has 2 heterocycles. The molecule has 1 aliphatic rings. The first-order chi connectivity index (χ1) is 7.10. The van der Waals surface area contributed by atoms with Crippen LogP contribution < -0.4 is 0 Å². The predicted octanol–water partition coefficient (Wildman–Crippen LogP) is 2.70. The molecule has 0 radical (unpaired) electrons. The van der Waals surface area contributed by atoms with Crippen molar-refractivity contribution >= 4 is 22.9 Å². The number of halogens is 1. The van der Waals surface area contributed by atoms with E-state index in [-0.39, 0.29) is 0 Å². The molecule has 1 aromatic heterocycles. The molecule has 0 saturated carbocycles. The van der Waals surface area contributed by atoms with Crippen molar-refractivity contribution in [2.75, 3.05) is 20.1 Å². The van der Waals surface area contributed by atoms with Gasteiger partial charge in [0, 0.05) is 11.4 Å². The van der Waals surface area contributed by atoms with Gasteiger partial charge < -0.3 is 10.0 Å². The van der Waals surface area contributed by atoms with Crippen LogP contribution in [-0.4, -0.2) is 30.1 Å². The van der Waals surface area contributed by atoms with Gasteiger partial charge in [0.25, 0.3) is 0 Å². The quantitative estimate of drug-likeness (QED) is 0.823. The van der Waals surface area contributed by atoms with E-state index >= 15 is 0 Å². The second kappa shape index (κ2) is 4.42. The van der Waals surface area contributed by atoms with Crippen LogP contribution in [0, 0.1) is 0 Å². The first kappa shape index (κ1) is 11.4. The van der Waals surface area contributed by atoms with Crippen molar-refractivity contribution in [3.8, 4) is 0 Å². The summed E-state index contributed by atoms with van der Waals surface area (Å²) >= 11 is 7.41. The lowest BCUT2D eigenvalue weighted by Crippen LogP contribution is -2.26. The summed E-state index contributed by atoms with van der Waals surface area (Å²) in [6.45, 7) is 2.02. The number of rotatable bonds is 1. The second-order valence-electron chi connectivity index (χ2n) is 4.29. The molecule has 1 N–H and O–H groups in total. The molecular formula is C11H16ClNOS. The van der Waals surface area contributed by atoms with E-state index in [1.54, 1.807) is 0 Å². The van der Waals surface area contributed by atoms with Gasteiger partial charge >= 0.3 is 0 Å². The minimum atomic E-state index is -0.650. The Bertz CT molecular complexity index is 341. The Hall–Kier alpha value is -0.0900. The Morgan fingerprint density at radius 3 is 2.87 bits per heavy atom. The fourth-order valence-electron chi connectivity index (χ4n) is 2.06. The zero-order valence-corrected chi connectivity index (χ0v) is 10.4. The van der Waals surface area contributed by atoms with Gasteiger partial charge in [0.1, 0.15) is 5.60 Å². The van der Waals surface area contributed by atoms with Gasteiger partial charge in [-0.1, -0.05) is 11.6 Å². The summed E-state index contributed by atoms with van der Waals surface area (Å²) in [5.41, 5.74) is -0.650. The molecule has 0 aromatic carbocycles. The first-order valence-corrected chi connectivity index (χ1v) is 6.46. The number of thiophene rings is 1. The average molecular weight is 246 g/mol. The molecule has 1 aromatic rings. The molecule has 84 valence electrons. The third-order valence-corrected chi connectivity index (χ3v) is 4.49. The molecule has 1 aliphatic heterocycles. The van der Waals surface area contributed by atoms with Crippen LogP contribution in [0.15, 0.2) is 12.1 Å². The highest BCUT2D eigenvalue weighted by Crippen LogP contribution is 2.37. The zero-order chi connectivity index (χ0) is 10.9. The normalized spacial score (nSPS) is 29.0. The SMILES string of the molecule is CN1CCCC(O)(c2ccc(Cl)s2)CC1. The molecule has 1 unspecified atom stereocenters. The van der Waals surface area contributed by atoms with Crippen molar-refractivity contribution in [1.29, 1.82) is 0 Å². The lowest BCUT2D eigenvalue weighted by atomic mass is 9.93. The molecule has 2 rings (SSSR count). The fraction of sp³-hybridized carbons (Fsp3) is 0.636. The standard InChI is InChI=1S/C11H16ClNOS/c1-13-7-2-5-11(14,6-8-13)9-3-4-10(12)15-9/h3-4,14H,2,5-8H2,1H3. The molecular weight excluding hydrogens is 230 g/mol. The molecule has 0 spiro atoms. The van der Waals surface area contributed by atoms with Crippen LogP contribution in [0.2, 0.25) is 4.34 Å².